The van der Waals surface area contributed by atoms with E-state index in [2.05, 4.69) is 6.07 Å². The third-order valence-corrected chi connectivity index (χ3v) is 2.09. The molecule has 0 amide bonds. The van der Waals surface area contributed by atoms with Gasteiger partial charge in [-0.05, 0) is 25.1 Å². The van der Waals surface area contributed by atoms with E-state index in [1.165, 1.54) is 0 Å². The lowest BCUT2D eigenvalue weighted by atomic mass is 10.2. The number of esters is 1. The van der Waals surface area contributed by atoms with Crippen LogP contribution in [0.1, 0.15) is 12.5 Å². The van der Waals surface area contributed by atoms with Crippen molar-refractivity contribution in [1.82, 2.24) is 0 Å². The molecule has 0 N–H and O–H groups in total. The van der Waals surface area contributed by atoms with Gasteiger partial charge in [0, 0.05) is 12.7 Å². The van der Waals surface area contributed by atoms with Crippen molar-refractivity contribution >= 4 is 11.7 Å². The smallest absolute Gasteiger partial charge is 0.325 e. The number of likely N-dealkylation sites (N-methyl/N-ethyl adjacent to an activating group) is 1. The third-order valence-electron chi connectivity index (χ3n) is 2.09. The van der Waals surface area contributed by atoms with Gasteiger partial charge in [0.1, 0.15) is 6.54 Å². The van der Waals surface area contributed by atoms with E-state index in [-0.39, 0.29) is 12.5 Å². The molecule has 1 rings (SSSR count). The molecule has 0 saturated carbocycles. The summed E-state index contributed by atoms with van der Waals surface area (Å²) < 4.78 is 4.84. The second-order valence-corrected chi connectivity index (χ2v) is 3.32. The Labute approximate surface area is 95.0 Å². The number of carbonyl (C=O) groups is 1. The highest BCUT2D eigenvalue weighted by Crippen LogP contribution is 2.13. The Hall–Kier alpha value is -2.02. The summed E-state index contributed by atoms with van der Waals surface area (Å²) in [6.45, 7) is 2.34. The van der Waals surface area contributed by atoms with Crippen molar-refractivity contribution in [1.29, 1.82) is 5.26 Å². The fourth-order valence-electron chi connectivity index (χ4n) is 1.30. The van der Waals surface area contributed by atoms with Crippen LogP contribution >= 0.6 is 0 Å². The van der Waals surface area contributed by atoms with Gasteiger partial charge < -0.3 is 9.64 Å². The first kappa shape index (κ1) is 12.1. The second-order valence-electron chi connectivity index (χ2n) is 3.32. The van der Waals surface area contributed by atoms with Crippen molar-refractivity contribution in [3.63, 3.8) is 0 Å². The van der Waals surface area contributed by atoms with Crippen LogP contribution in [0.25, 0.3) is 0 Å². The van der Waals surface area contributed by atoms with Gasteiger partial charge in [-0.25, -0.2) is 0 Å². The fraction of sp³-hybridized carbons (Fsp3) is 0.333. The number of ether oxygens (including phenoxy) is 1. The molecule has 84 valence electrons. The molecule has 1 aromatic rings. The molecule has 16 heavy (non-hydrogen) atoms. The zero-order valence-electron chi connectivity index (χ0n) is 9.43. The van der Waals surface area contributed by atoms with Crippen LogP contribution in [0.4, 0.5) is 5.69 Å². The topological polar surface area (TPSA) is 53.3 Å². The van der Waals surface area contributed by atoms with Crippen LogP contribution in [0, 0.1) is 11.3 Å². The number of nitrogens with zero attached hydrogens (tertiary/aromatic N) is 2. The van der Waals surface area contributed by atoms with Gasteiger partial charge in [-0.3, -0.25) is 4.79 Å². The standard InChI is InChI=1S/C12H14N2O2/c1-3-16-12(15)9-14(2)11-6-4-5-10(7-11)8-13/h4-7H,3,9H2,1-2H3. The monoisotopic (exact) mass is 218 g/mol. The molecule has 0 unspecified atom stereocenters. The summed E-state index contributed by atoms with van der Waals surface area (Å²) in [7, 11) is 1.79. The molecule has 4 nitrogen and oxygen atoms in total. The van der Waals surface area contributed by atoms with E-state index in [0.29, 0.717) is 12.2 Å². The Balaban J connectivity index is 2.69. The molecule has 0 radical (unpaired) electrons. The molecule has 0 aromatic heterocycles. The molecule has 0 aliphatic rings. The number of hydrogen-bond donors (Lipinski definition) is 0. The summed E-state index contributed by atoms with van der Waals surface area (Å²) in [5.41, 5.74) is 1.40. The van der Waals surface area contributed by atoms with E-state index in [9.17, 15) is 4.79 Å². The van der Waals surface area contributed by atoms with Crippen LogP contribution in [-0.2, 0) is 9.53 Å². The Morgan fingerprint density at radius 3 is 2.94 bits per heavy atom. The summed E-state index contributed by atoms with van der Waals surface area (Å²) in [4.78, 5) is 13.0. The maximum absolute atomic E-state index is 11.3. The Morgan fingerprint density at radius 1 is 1.56 bits per heavy atom. The molecule has 4 heteroatoms. The number of anilines is 1. The van der Waals surface area contributed by atoms with Crippen LogP contribution in [-0.4, -0.2) is 26.2 Å². The summed E-state index contributed by atoms with van der Waals surface area (Å²) in [6, 6.07) is 9.15. The first-order chi connectivity index (χ1) is 7.67. The lowest BCUT2D eigenvalue weighted by Crippen LogP contribution is -2.27. The SMILES string of the molecule is CCOC(=O)CN(C)c1cccc(C#N)c1. The first-order valence-corrected chi connectivity index (χ1v) is 5.04. The second kappa shape index (κ2) is 5.76. The van der Waals surface area contributed by atoms with Crippen molar-refractivity contribution in [3.05, 3.63) is 29.8 Å². The van der Waals surface area contributed by atoms with E-state index >= 15 is 0 Å². The maximum Gasteiger partial charge on any atom is 0.325 e. The molecule has 0 aliphatic carbocycles. The Kier molecular flexibility index (Phi) is 4.34. The minimum Gasteiger partial charge on any atom is -0.465 e. The lowest BCUT2D eigenvalue weighted by Gasteiger charge is -2.18. The van der Waals surface area contributed by atoms with Crippen LogP contribution in [0.5, 0.6) is 0 Å². The zero-order chi connectivity index (χ0) is 12.0. The van der Waals surface area contributed by atoms with Crippen LogP contribution < -0.4 is 4.90 Å². The molecule has 1 aromatic carbocycles. The number of carbonyl (C=O) groups excluding carboxylic acids is 1. The minimum atomic E-state index is -0.271. The van der Waals surface area contributed by atoms with Crippen LogP contribution in [0.15, 0.2) is 24.3 Å². The predicted octanol–water partition coefficient (Wildman–Crippen LogP) is 1.56. The molecule has 0 saturated heterocycles. The summed E-state index contributed by atoms with van der Waals surface area (Å²) >= 11 is 0. The van der Waals surface area contributed by atoms with E-state index in [1.54, 1.807) is 37.1 Å². The third kappa shape index (κ3) is 3.28. The molecule has 0 bridgehead atoms. The quantitative estimate of drug-likeness (QED) is 0.719. The zero-order valence-corrected chi connectivity index (χ0v) is 9.43. The van der Waals surface area contributed by atoms with E-state index < -0.39 is 0 Å². The van der Waals surface area contributed by atoms with Crippen molar-refractivity contribution < 1.29 is 9.53 Å². The van der Waals surface area contributed by atoms with Crippen molar-refractivity contribution in [2.24, 2.45) is 0 Å². The highest BCUT2D eigenvalue weighted by atomic mass is 16.5. The molecule has 0 fully saturated rings. The van der Waals surface area contributed by atoms with Gasteiger partial charge in [0.2, 0.25) is 0 Å². The average Bonchev–Trinajstić information content (AvgIpc) is 2.29. The number of rotatable bonds is 4. The Morgan fingerprint density at radius 2 is 2.31 bits per heavy atom. The van der Waals surface area contributed by atoms with Gasteiger partial charge in [-0.1, -0.05) is 6.07 Å². The Bertz CT molecular complexity index is 410. The molecule has 0 spiro atoms. The normalized spacial score (nSPS) is 9.31. The maximum atomic E-state index is 11.3. The number of hydrogen-bond acceptors (Lipinski definition) is 4. The van der Waals surface area contributed by atoms with Gasteiger partial charge in [0.25, 0.3) is 0 Å². The van der Waals surface area contributed by atoms with E-state index in [1.807, 2.05) is 6.07 Å². The van der Waals surface area contributed by atoms with Crippen molar-refractivity contribution in [3.8, 4) is 6.07 Å². The number of benzene rings is 1. The summed E-state index contributed by atoms with van der Waals surface area (Å²) in [5, 5.41) is 8.75. The summed E-state index contributed by atoms with van der Waals surface area (Å²) in [5.74, 6) is -0.271. The van der Waals surface area contributed by atoms with Crippen LogP contribution in [0.3, 0.4) is 0 Å². The van der Waals surface area contributed by atoms with Gasteiger partial charge >= 0.3 is 5.97 Å². The highest BCUT2D eigenvalue weighted by molar-refractivity contribution is 5.75. The van der Waals surface area contributed by atoms with Gasteiger partial charge in [-0.2, -0.15) is 5.26 Å². The predicted molar refractivity (Wildman–Crippen MR) is 61.1 cm³/mol. The minimum absolute atomic E-state index is 0.183. The molecule has 0 aliphatic heterocycles. The largest absolute Gasteiger partial charge is 0.465 e. The summed E-state index contributed by atoms with van der Waals surface area (Å²) in [6.07, 6.45) is 0. The number of nitriles is 1. The van der Waals surface area contributed by atoms with E-state index in [0.717, 1.165) is 5.69 Å². The van der Waals surface area contributed by atoms with Gasteiger partial charge in [-0.15, -0.1) is 0 Å². The first-order valence-electron chi connectivity index (χ1n) is 5.04. The van der Waals surface area contributed by atoms with Crippen LogP contribution in [0.2, 0.25) is 0 Å². The molecular weight excluding hydrogens is 204 g/mol. The van der Waals surface area contributed by atoms with E-state index in [4.69, 9.17) is 10.00 Å². The molecular formula is C12H14N2O2. The lowest BCUT2D eigenvalue weighted by molar-refractivity contribution is -0.141. The average molecular weight is 218 g/mol. The molecule has 0 heterocycles. The van der Waals surface area contributed by atoms with Gasteiger partial charge in [0.15, 0.2) is 0 Å². The van der Waals surface area contributed by atoms with Gasteiger partial charge in [0.05, 0.1) is 18.2 Å². The highest BCUT2D eigenvalue weighted by Gasteiger charge is 2.08. The fourth-order valence-corrected chi connectivity index (χ4v) is 1.30. The van der Waals surface area contributed by atoms with Crippen molar-refractivity contribution in [2.75, 3.05) is 25.1 Å². The molecule has 0 atom stereocenters. The van der Waals surface area contributed by atoms with Crippen molar-refractivity contribution in [2.45, 2.75) is 6.92 Å².